The van der Waals surface area contributed by atoms with Gasteiger partial charge in [0.15, 0.2) is 5.79 Å². The molecule has 0 N–H and O–H groups in total. The molecule has 0 aromatic rings. The molecule has 2 unspecified atom stereocenters. The predicted molar refractivity (Wildman–Crippen MR) is 117 cm³/mol. The number of hydrogen-bond acceptors (Lipinski definition) is 4. The summed E-state index contributed by atoms with van der Waals surface area (Å²) in [6.45, 7) is 10.0. The first-order valence-electron chi connectivity index (χ1n) is 13.1. The number of carbonyl (C=O) groups is 2. The van der Waals surface area contributed by atoms with Crippen LogP contribution in [0.1, 0.15) is 85.5 Å². The zero-order chi connectivity index (χ0) is 21.8. The van der Waals surface area contributed by atoms with Crippen LogP contribution in [0.5, 0.6) is 0 Å². The lowest BCUT2D eigenvalue weighted by Gasteiger charge is -2.59. The van der Waals surface area contributed by atoms with Gasteiger partial charge in [-0.05, 0) is 67.1 Å². The molecule has 4 nitrogen and oxygen atoms in total. The Kier molecular flexibility index (Phi) is 4.47. The van der Waals surface area contributed by atoms with Crippen molar-refractivity contribution in [2.45, 2.75) is 97.4 Å². The van der Waals surface area contributed by atoms with E-state index in [0.29, 0.717) is 41.2 Å². The van der Waals surface area contributed by atoms with Crippen molar-refractivity contribution in [2.24, 2.45) is 52.3 Å². The highest BCUT2D eigenvalue weighted by Gasteiger charge is 2.71. The summed E-state index contributed by atoms with van der Waals surface area (Å²) in [6.07, 6.45) is 8.86. The number of ether oxygens (including phenoxy) is 2. The molecule has 172 valence electrons. The van der Waals surface area contributed by atoms with E-state index in [9.17, 15) is 9.59 Å². The Labute approximate surface area is 187 Å². The lowest BCUT2D eigenvalue weighted by atomic mass is 9.44. The summed E-state index contributed by atoms with van der Waals surface area (Å²) in [5.74, 6) is 3.63. The molecular weight excluding hydrogens is 388 g/mol. The van der Waals surface area contributed by atoms with Gasteiger partial charge in [0.25, 0.3) is 0 Å². The highest BCUT2D eigenvalue weighted by atomic mass is 16.7. The van der Waals surface area contributed by atoms with Crippen molar-refractivity contribution in [3.05, 3.63) is 0 Å². The first kappa shape index (κ1) is 20.8. The second-order valence-electron chi connectivity index (χ2n) is 12.8. The fraction of sp³-hybridized carbons (Fsp3) is 0.926. The molecule has 11 atom stereocenters. The van der Waals surface area contributed by atoms with Gasteiger partial charge in [-0.2, -0.15) is 0 Å². The van der Waals surface area contributed by atoms with E-state index >= 15 is 0 Å². The van der Waals surface area contributed by atoms with E-state index in [1.54, 1.807) is 0 Å². The average molecular weight is 429 g/mol. The normalized spacial score (nSPS) is 58.6. The Hall–Kier alpha value is -0.740. The van der Waals surface area contributed by atoms with Crippen LogP contribution >= 0.6 is 0 Å². The minimum Gasteiger partial charge on any atom is -0.349 e. The fourth-order valence-corrected chi connectivity index (χ4v) is 9.74. The Balaban J connectivity index is 1.31. The Morgan fingerprint density at radius 1 is 0.968 bits per heavy atom. The minimum absolute atomic E-state index is 0.166. The molecule has 0 aromatic carbocycles. The van der Waals surface area contributed by atoms with Gasteiger partial charge in [0.05, 0.1) is 12.7 Å². The van der Waals surface area contributed by atoms with Gasteiger partial charge in [0.1, 0.15) is 11.6 Å². The average Bonchev–Trinajstić information content (AvgIpc) is 3.18. The molecule has 2 heterocycles. The summed E-state index contributed by atoms with van der Waals surface area (Å²) in [5, 5.41) is 0. The number of rotatable bonds is 0. The second-order valence-corrected chi connectivity index (χ2v) is 12.8. The van der Waals surface area contributed by atoms with Crippen LogP contribution in [0.3, 0.4) is 0 Å². The smallest absolute Gasteiger partial charge is 0.171 e. The molecule has 1 spiro atoms. The van der Waals surface area contributed by atoms with Gasteiger partial charge in [0.2, 0.25) is 0 Å². The summed E-state index contributed by atoms with van der Waals surface area (Å²) in [6, 6.07) is 0. The third-order valence-corrected chi connectivity index (χ3v) is 11.6. The molecule has 4 aliphatic carbocycles. The standard InChI is InChI=1S/C27H40O4/c1-15-7-10-27(30-14-15)16(2)24-22(31-27)12-21-19-6-5-17-11-18(28)8-9-25(17,3)20(19)13-23(29)26(21,24)4/h15-17,19-22,24H,5-14H2,1-4H3/t15?,16-,17?,19+,20-,21-,22-,24-,25-,26+,27+/m0/s1. The van der Waals surface area contributed by atoms with Crippen LogP contribution in [-0.2, 0) is 19.1 Å². The predicted octanol–water partition coefficient (Wildman–Crippen LogP) is 5.18. The highest BCUT2D eigenvalue weighted by molar-refractivity contribution is 5.87. The van der Waals surface area contributed by atoms with Crippen molar-refractivity contribution in [1.29, 1.82) is 0 Å². The zero-order valence-corrected chi connectivity index (χ0v) is 19.8. The third-order valence-electron chi connectivity index (χ3n) is 11.6. The van der Waals surface area contributed by atoms with E-state index in [-0.39, 0.29) is 28.8 Å². The first-order chi connectivity index (χ1) is 14.7. The summed E-state index contributed by atoms with van der Waals surface area (Å²) < 4.78 is 13.2. The molecule has 4 saturated carbocycles. The van der Waals surface area contributed by atoms with Crippen LogP contribution in [0.15, 0.2) is 0 Å². The SMILES string of the molecule is CC1CC[C@@]2(OC1)O[C@H]1C[C@H]3[C@@H]4CCC5CC(=O)CC[C@]5(C)[C@H]4CC(=O)[C@]3(C)[C@H]1[C@@H]2C. The lowest BCUT2D eigenvalue weighted by Crippen LogP contribution is -2.58. The van der Waals surface area contributed by atoms with Crippen molar-refractivity contribution in [3.8, 4) is 0 Å². The van der Waals surface area contributed by atoms with Crippen molar-refractivity contribution in [1.82, 2.24) is 0 Å². The van der Waals surface area contributed by atoms with E-state index in [1.165, 1.54) is 12.8 Å². The molecular formula is C27H40O4. The topological polar surface area (TPSA) is 52.6 Å². The van der Waals surface area contributed by atoms with Gasteiger partial charge >= 0.3 is 0 Å². The molecule has 4 heteroatoms. The van der Waals surface area contributed by atoms with E-state index < -0.39 is 5.79 Å². The molecule has 0 radical (unpaired) electrons. The summed E-state index contributed by atoms with van der Waals surface area (Å²) >= 11 is 0. The van der Waals surface area contributed by atoms with Crippen LogP contribution in [0.25, 0.3) is 0 Å². The highest BCUT2D eigenvalue weighted by Crippen LogP contribution is 2.70. The van der Waals surface area contributed by atoms with Crippen LogP contribution in [0.2, 0.25) is 0 Å². The number of ketones is 2. The molecule has 6 rings (SSSR count). The van der Waals surface area contributed by atoms with Gasteiger partial charge in [-0.25, -0.2) is 0 Å². The van der Waals surface area contributed by atoms with Crippen LogP contribution in [-0.4, -0.2) is 30.1 Å². The number of Topliss-reactive ketones (excluding diaryl/α,β-unsaturated/α-hetero) is 2. The van der Waals surface area contributed by atoms with Gasteiger partial charge in [-0.1, -0.05) is 27.7 Å². The van der Waals surface area contributed by atoms with E-state index in [1.807, 2.05) is 0 Å². The maximum Gasteiger partial charge on any atom is 0.171 e. The molecule has 31 heavy (non-hydrogen) atoms. The minimum atomic E-state index is -0.458. The number of hydrogen-bond donors (Lipinski definition) is 0. The zero-order valence-electron chi connectivity index (χ0n) is 19.8. The van der Waals surface area contributed by atoms with E-state index in [0.717, 1.165) is 51.6 Å². The van der Waals surface area contributed by atoms with Crippen molar-refractivity contribution < 1.29 is 19.1 Å². The molecule has 2 aliphatic heterocycles. The maximum atomic E-state index is 14.0. The largest absolute Gasteiger partial charge is 0.349 e. The van der Waals surface area contributed by atoms with E-state index in [4.69, 9.17) is 9.47 Å². The number of carbonyl (C=O) groups excluding carboxylic acids is 2. The lowest BCUT2D eigenvalue weighted by molar-refractivity contribution is -0.272. The maximum absolute atomic E-state index is 14.0. The monoisotopic (exact) mass is 428 g/mol. The number of fused-ring (bicyclic) bond motifs is 7. The quantitative estimate of drug-likeness (QED) is 0.533. The third kappa shape index (κ3) is 2.61. The van der Waals surface area contributed by atoms with Gasteiger partial charge in [-0.15, -0.1) is 0 Å². The molecule has 0 aromatic heterocycles. The summed E-state index contributed by atoms with van der Waals surface area (Å²) in [5.41, 5.74) is -0.101. The van der Waals surface area contributed by atoms with E-state index in [2.05, 4.69) is 27.7 Å². The van der Waals surface area contributed by atoms with Crippen LogP contribution in [0.4, 0.5) is 0 Å². The molecule has 2 saturated heterocycles. The molecule has 6 fully saturated rings. The Bertz CT molecular complexity index is 797. The molecule has 0 amide bonds. The molecule has 0 bridgehead atoms. The first-order valence-corrected chi connectivity index (χ1v) is 13.1. The van der Waals surface area contributed by atoms with Crippen molar-refractivity contribution >= 4 is 11.6 Å². The van der Waals surface area contributed by atoms with Crippen molar-refractivity contribution in [2.75, 3.05) is 6.61 Å². The second kappa shape index (κ2) is 6.65. The Morgan fingerprint density at radius 2 is 1.77 bits per heavy atom. The fourth-order valence-electron chi connectivity index (χ4n) is 9.74. The van der Waals surface area contributed by atoms with Gasteiger partial charge in [-0.3, -0.25) is 9.59 Å². The summed E-state index contributed by atoms with van der Waals surface area (Å²) in [7, 11) is 0. The van der Waals surface area contributed by atoms with Gasteiger partial charge < -0.3 is 9.47 Å². The van der Waals surface area contributed by atoms with Crippen molar-refractivity contribution in [3.63, 3.8) is 0 Å². The van der Waals surface area contributed by atoms with Gasteiger partial charge in [0, 0.05) is 42.9 Å². The Morgan fingerprint density at radius 3 is 2.52 bits per heavy atom. The van der Waals surface area contributed by atoms with Crippen LogP contribution in [0, 0.1) is 52.3 Å². The summed E-state index contributed by atoms with van der Waals surface area (Å²) in [4.78, 5) is 26.1. The van der Waals surface area contributed by atoms with Crippen LogP contribution < -0.4 is 0 Å². The molecule has 6 aliphatic rings.